The first-order valence-electron chi connectivity index (χ1n) is 16.5. The van der Waals surface area contributed by atoms with Crippen molar-refractivity contribution < 1.29 is 0 Å². The summed E-state index contributed by atoms with van der Waals surface area (Å²) >= 11 is 0. The molecule has 8 aromatic rings. The highest BCUT2D eigenvalue weighted by Crippen LogP contribution is 2.40. The average molecular weight is 615 g/mol. The number of aromatic nitrogens is 2. The Balaban J connectivity index is 1.36. The number of rotatable bonds is 6. The first-order chi connectivity index (χ1) is 23.7. The van der Waals surface area contributed by atoms with E-state index >= 15 is 0 Å². The molecule has 0 saturated heterocycles. The zero-order valence-electron chi connectivity index (χ0n) is 27.1. The second kappa shape index (κ2) is 12.6. The van der Waals surface area contributed by atoms with E-state index in [2.05, 4.69) is 166 Å². The normalized spacial score (nSPS) is 11.5. The lowest BCUT2D eigenvalue weighted by Gasteiger charge is -2.17. The Bertz CT molecular complexity index is 2450. The van der Waals surface area contributed by atoms with Crippen LogP contribution in [0.5, 0.6) is 0 Å². The van der Waals surface area contributed by atoms with E-state index in [0.717, 1.165) is 33.5 Å². The van der Waals surface area contributed by atoms with E-state index < -0.39 is 0 Å². The summed E-state index contributed by atoms with van der Waals surface area (Å²) in [6.07, 6.45) is 4.32. The molecule has 0 unspecified atom stereocenters. The molecule has 0 radical (unpaired) electrons. The predicted molar refractivity (Wildman–Crippen MR) is 204 cm³/mol. The fourth-order valence-electron chi connectivity index (χ4n) is 6.92. The number of hydrogen-bond donors (Lipinski definition) is 0. The smallest absolute Gasteiger partial charge is 0.160 e. The molecule has 0 aliphatic carbocycles. The average Bonchev–Trinajstić information content (AvgIpc) is 3.15. The number of benzene rings is 7. The first-order valence-corrected chi connectivity index (χ1v) is 16.5. The molecule has 0 aliphatic rings. The Hall–Kier alpha value is -6.12. The molecule has 0 saturated carbocycles. The van der Waals surface area contributed by atoms with Crippen LogP contribution in [0.3, 0.4) is 0 Å². The molecular weight excluding hydrogens is 581 g/mol. The minimum atomic E-state index is 0.710. The fraction of sp³-hybridized carbons (Fsp3) is 0.0435. The molecule has 0 aliphatic heterocycles. The van der Waals surface area contributed by atoms with Gasteiger partial charge in [-0.25, -0.2) is 9.97 Å². The molecular formula is C46H34N2. The monoisotopic (exact) mass is 614 g/mol. The Morgan fingerprint density at radius 2 is 0.958 bits per heavy atom. The molecule has 228 valence electrons. The molecule has 0 amide bonds. The van der Waals surface area contributed by atoms with Crippen LogP contribution >= 0.6 is 0 Å². The van der Waals surface area contributed by atoms with Gasteiger partial charge in [-0.3, -0.25) is 0 Å². The topological polar surface area (TPSA) is 25.8 Å². The van der Waals surface area contributed by atoms with Crippen molar-refractivity contribution in [2.45, 2.75) is 13.8 Å². The van der Waals surface area contributed by atoms with Gasteiger partial charge < -0.3 is 0 Å². The molecule has 7 aromatic carbocycles. The van der Waals surface area contributed by atoms with E-state index in [1.807, 2.05) is 18.2 Å². The predicted octanol–water partition coefficient (Wildman–Crippen LogP) is 12.5. The van der Waals surface area contributed by atoms with Crippen LogP contribution in [-0.4, -0.2) is 9.97 Å². The summed E-state index contributed by atoms with van der Waals surface area (Å²) in [4.78, 5) is 10.5. The van der Waals surface area contributed by atoms with Crippen LogP contribution < -0.4 is 0 Å². The zero-order valence-corrected chi connectivity index (χ0v) is 27.1. The van der Waals surface area contributed by atoms with Crippen molar-refractivity contribution in [3.8, 4) is 56.2 Å². The summed E-state index contributed by atoms with van der Waals surface area (Å²) in [5.74, 6) is 0.710. The molecule has 0 atom stereocenters. The molecule has 0 bridgehead atoms. The van der Waals surface area contributed by atoms with E-state index in [9.17, 15) is 0 Å². The quantitative estimate of drug-likeness (QED) is 0.186. The van der Waals surface area contributed by atoms with Crippen molar-refractivity contribution in [3.05, 3.63) is 175 Å². The van der Waals surface area contributed by atoms with Crippen molar-refractivity contribution >= 4 is 27.6 Å². The summed E-state index contributed by atoms with van der Waals surface area (Å²) in [5, 5.41) is 4.85. The number of allylic oxidation sites excluding steroid dienone is 1. The number of fused-ring (bicyclic) bond motifs is 2. The van der Waals surface area contributed by atoms with Gasteiger partial charge >= 0.3 is 0 Å². The lowest BCUT2D eigenvalue weighted by atomic mass is 9.89. The van der Waals surface area contributed by atoms with Gasteiger partial charge in [-0.2, -0.15) is 0 Å². The third-order valence-corrected chi connectivity index (χ3v) is 9.25. The van der Waals surface area contributed by atoms with Crippen LogP contribution in [0.25, 0.3) is 83.8 Å². The fourth-order valence-corrected chi connectivity index (χ4v) is 6.92. The Kier molecular flexibility index (Phi) is 7.68. The van der Waals surface area contributed by atoms with Gasteiger partial charge in [0.15, 0.2) is 5.82 Å². The van der Waals surface area contributed by atoms with Gasteiger partial charge in [0.05, 0.1) is 11.4 Å². The highest BCUT2D eigenvalue weighted by Gasteiger charge is 2.18. The second-order valence-electron chi connectivity index (χ2n) is 12.1. The van der Waals surface area contributed by atoms with E-state index in [4.69, 9.17) is 9.97 Å². The maximum Gasteiger partial charge on any atom is 0.160 e. The Morgan fingerprint density at radius 1 is 0.438 bits per heavy atom. The molecule has 0 N–H and O–H groups in total. The Labute approximate surface area is 281 Å². The standard InChI is InChI=1S/C46H34N2/c1-3-15-36-31(2)35(32-16-6-4-7-17-32)26-28-42(36)44-30-45(48-46(47-44)34-19-8-5-9-20-34)43-29-27-41(39-23-12-13-24-40(39)43)38-25-14-21-33-18-10-11-22-37(33)38/h3-30H,1-2H3/b15-3-. The highest BCUT2D eigenvalue weighted by atomic mass is 14.9. The van der Waals surface area contributed by atoms with Crippen molar-refractivity contribution in [1.29, 1.82) is 0 Å². The van der Waals surface area contributed by atoms with Crippen LogP contribution in [0.4, 0.5) is 0 Å². The maximum atomic E-state index is 5.24. The van der Waals surface area contributed by atoms with E-state index in [0.29, 0.717) is 5.82 Å². The van der Waals surface area contributed by atoms with Gasteiger partial charge in [-0.05, 0) is 74.8 Å². The van der Waals surface area contributed by atoms with Crippen molar-refractivity contribution in [3.63, 3.8) is 0 Å². The largest absolute Gasteiger partial charge is 0.228 e. The van der Waals surface area contributed by atoms with Gasteiger partial charge in [-0.15, -0.1) is 0 Å². The SMILES string of the molecule is C/C=C\c1c(-c2cc(-c3ccc(-c4cccc5ccccc45)c4ccccc34)nc(-c3ccccc3)n2)ccc(-c2ccccc2)c1C. The first kappa shape index (κ1) is 29.3. The molecule has 1 aromatic heterocycles. The van der Waals surface area contributed by atoms with Gasteiger partial charge in [0, 0.05) is 16.7 Å². The van der Waals surface area contributed by atoms with Gasteiger partial charge in [0.1, 0.15) is 0 Å². The summed E-state index contributed by atoms with van der Waals surface area (Å²) in [6, 6.07) is 55.8. The van der Waals surface area contributed by atoms with Crippen molar-refractivity contribution in [1.82, 2.24) is 9.97 Å². The van der Waals surface area contributed by atoms with E-state index in [1.54, 1.807) is 0 Å². The molecule has 1 heterocycles. The molecule has 8 rings (SSSR count). The summed E-state index contributed by atoms with van der Waals surface area (Å²) in [5.41, 5.74) is 12.2. The lowest BCUT2D eigenvalue weighted by molar-refractivity contribution is 1.18. The molecule has 2 heteroatoms. The van der Waals surface area contributed by atoms with Gasteiger partial charge in [0.2, 0.25) is 0 Å². The lowest BCUT2D eigenvalue weighted by Crippen LogP contribution is -1.99. The number of hydrogen-bond acceptors (Lipinski definition) is 2. The molecule has 48 heavy (non-hydrogen) atoms. The van der Waals surface area contributed by atoms with Gasteiger partial charge in [-0.1, -0.05) is 164 Å². The van der Waals surface area contributed by atoms with Crippen LogP contribution in [0, 0.1) is 6.92 Å². The van der Waals surface area contributed by atoms with Crippen LogP contribution in [-0.2, 0) is 0 Å². The maximum absolute atomic E-state index is 5.24. The highest BCUT2D eigenvalue weighted by molar-refractivity contribution is 6.09. The summed E-state index contributed by atoms with van der Waals surface area (Å²) < 4.78 is 0. The molecule has 0 spiro atoms. The number of nitrogens with zero attached hydrogens (tertiary/aromatic N) is 2. The van der Waals surface area contributed by atoms with Gasteiger partial charge in [0.25, 0.3) is 0 Å². The van der Waals surface area contributed by atoms with Crippen LogP contribution in [0.15, 0.2) is 164 Å². The van der Waals surface area contributed by atoms with Crippen LogP contribution in [0.2, 0.25) is 0 Å². The third kappa shape index (κ3) is 5.28. The summed E-state index contributed by atoms with van der Waals surface area (Å²) in [6.45, 7) is 4.28. The minimum absolute atomic E-state index is 0.710. The zero-order chi connectivity index (χ0) is 32.5. The second-order valence-corrected chi connectivity index (χ2v) is 12.1. The molecule has 2 nitrogen and oxygen atoms in total. The van der Waals surface area contributed by atoms with Crippen molar-refractivity contribution in [2.24, 2.45) is 0 Å². The van der Waals surface area contributed by atoms with Crippen molar-refractivity contribution in [2.75, 3.05) is 0 Å². The summed E-state index contributed by atoms with van der Waals surface area (Å²) in [7, 11) is 0. The Morgan fingerprint density at radius 3 is 1.69 bits per heavy atom. The third-order valence-electron chi connectivity index (χ3n) is 9.25. The van der Waals surface area contributed by atoms with Crippen LogP contribution in [0.1, 0.15) is 18.1 Å². The molecule has 0 fully saturated rings. The van der Waals surface area contributed by atoms with E-state index in [1.165, 1.54) is 49.5 Å². The minimum Gasteiger partial charge on any atom is -0.228 e. The van der Waals surface area contributed by atoms with E-state index in [-0.39, 0.29) is 0 Å².